The van der Waals surface area contributed by atoms with E-state index in [9.17, 15) is 38.4 Å². The smallest absolute Gasteiger partial charge is 0.305 e. The summed E-state index contributed by atoms with van der Waals surface area (Å²) in [5, 5.41) is 17.4. The molecular formula is C54H69N15O12. The van der Waals surface area contributed by atoms with Crippen molar-refractivity contribution in [3.8, 4) is 11.5 Å². The molecule has 0 spiro atoms. The Kier molecular flexibility index (Phi) is 22.5. The number of nitrogens with zero attached hydrogens (tertiary/aromatic N) is 10. The molecule has 81 heavy (non-hydrogen) atoms. The summed E-state index contributed by atoms with van der Waals surface area (Å²) in [5.41, 5.74) is 14.7. The first-order chi connectivity index (χ1) is 38.7. The van der Waals surface area contributed by atoms with E-state index in [1.807, 2.05) is 45.1 Å². The van der Waals surface area contributed by atoms with Crippen molar-refractivity contribution in [1.82, 2.24) is 53.8 Å². The van der Waals surface area contributed by atoms with Crippen molar-refractivity contribution >= 4 is 88.1 Å². The van der Waals surface area contributed by atoms with Crippen LogP contribution in [0.4, 0.5) is 11.9 Å². The Labute approximate surface area is 466 Å². The normalized spacial score (nSPS) is 11.5. The summed E-state index contributed by atoms with van der Waals surface area (Å²) in [7, 11) is 5.71. The van der Waals surface area contributed by atoms with Crippen molar-refractivity contribution < 1.29 is 57.4 Å². The molecule has 4 aromatic heterocycles. The zero-order valence-electron chi connectivity index (χ0n) is 46.8. The van der Waals surface area contributed by atoms with Crippen molar-refractivity contribution in [3.05, 3.63) is 94.6 Å². The fourth-order valence-corrected chi connectivity index (χ4v) is 8.55. The molecule has 1 atom stereocenters. The van der Waals surface area contributed by atoms with Crippen molar-refractivity contribution in [2.24, 2.45) is 11.5 Å². The SMILES string of the molecule is CCn1nc(C)cc1C(=O)Nc1nc2cc(C(N)=O)cc(OC)c2n1C/C=C/Cn1c(NC(=O)c2cc(C)nn2CC)nc2cc(C)cc(OCCCN(C)C(=O)C(CCC(=O)OC)NC(=O)CCN(C)C(=O)/C=C\C=O)c21.NC=O. The number of nitrogens with two attached hydrogens (primary N) is 2. The molecule has 6 aromatic rings. The first-order valence-corrected chi connectivity index (χ1v) is 25.7. The van der Waals surface area contributed by atoms with Crippen LogP contribution in [-0.2, 0) is 59.7 Å². The zero-order chi connectivity index (χ0) is 59.5. The number of carbonyl (C=O) groups excluding carboxylic acids is 9. The first-order valence-electron chi connectivity index (χ1n) is 25.7. The van der Waals surface area contributed by atoms with Gasteiger partial charge in [0.15, 0.2) is 0 Å². The highest BCUT2D eigenvalue weighted by atomic mass is 16.5. The van der Waals surface area contributed by atoms with Crippen LogP contribution < -0.4 is 36.9 Å². The molecular weight excluding hydrogens is 1050 g/mol. The second-order valence-electron chi connectivity index (χ2n) is 18.3. The van der Waals surface area contributed by atoms with Gasteiger partial charge in [-0.05, 0) is 95.5 Å². The van der Waals surface area contributed by atoms with Crippen molar-refractivity contribution in [2.45, 2.75) is 92.5 Å². The summed E-state index contributed by atoms with van der Waals surface area (Å²) < 4.78 is 23.7. The maximum Gasteiger partial charge on any atom is 0.305 e. The van der Waals surface area contributed by atoms with Crippen LogP contribution in [0.15, 0.2) is 60.7 Å². The van der Waals surface area contributed by atoms with E-state index in [2.05, 4.69) is 31.9 Å². The highest BCUT2D eigenvalue weighted by molar-refractivity contribution is 6.05. The number of ether oxygens (including phenoxy) is 3. The Bertz CT molecular complexity index is 3350. The van der Waals surface area contributed by atoms with Gasteiger partial charge in [-0.3, -0.25) is 63.1 Å². The van der Waals surface area contributed by atoms with Gasteiger partial charge in [-0.15, -0.1) is 0 Å². The summed E-state index contributed by atoms with van der Waals surface area (Å²) >= 11 is 0. The molecule has 0 fully saturated rings. The number of esters is 1. The van der Waals surface area contributed by atoms with Crippen LogP contribution >= 0.6 is 0 Å². The maximum atomic E-state index is 14.0. The minimum atomic E-state index is -1.08. The zero-order valence-corrected chi connectivity index (χ0v) is 46.8. The summed E-state index contributed by atoms with van der Waals surface area (Å²) in [6.07, 6.45) is 6.53. The van der Waals surface area contributed by atoms with Crippen LogP contribution in [0.25, 0.3) is 22.1 Å². The topological polar surface area (TPSA) is 347 Å². The van der Waals surface area contributed by atoms with E-state index in [4.69, 9.17) is 34.7 Å². The van der Waals surface area contributed by atoms with Crippen LogP contribution in [0.2, 0.25) is 0 Å². The van der Waals surface area contributed by atoms with E-state index in [0.717, 1.165) is 17.7 Å². The number of aryl methyl sites for hydroxylation is 5. The molecule has 1 unspecified atom stereocenters. The number of hydrogen-bond donors (Lipinski definition) is 5. The third-order valence-electron chi connectivity index (χ3n) is 12.5. The minimum absolute atomic E-state index is 0.00788. The standard InChI is InChI=1S/C53H66N14O11.CH3NO/c1-10-66-39(28-33(4)60-66)49(73)58-52-56-37-26-32(3)27-42(78-25-15-20-63(7)51(75)36(17-18-45(71)77-9)55-43(69)19-23-62(6)44(70)16-14-24-68)47(37)65(52)22-13-12-21-64-46-38(30-35(48(54)72)31-41(46)76-8)57-53(64)59-50(74)40-29-34(5)61-67(40)11-2;2-1-3/h12-14,16,24,26-31,36H,10-11,15,17-23,25H2,1-9H3,(H2,54,72)(H,55,69)(H,56,58,73)(H,57,59,74);1H,(H2,2,3)/b13-12+,16-14-;. The lowest BCUT2D eigenvalue weighted by Gasteiger charge is -2.25. The Morgan fingerprint density at radius 2 is 1.30 bits per heavy atom. The Morgan fingerprint density at radius 3 is 1.81 bits per heavy atom. The van der Waals surface area contributed by atoms with Crippen LogP contribution in [0.1, 0.15) is 87.8 Å². The Morgan fingerprint density at radius 1 is 0.741 bits per heavy atom. The molecule has 7 amide bonds. The van der Waals surface area contributed by atoms with Gasteiger partial charge >= 0.3 is 5.97 Å². The molecule has 0 radical (unpaired) electrons. The molecule has 27 heteroatoms. The van der Waals surface area contributed by atoms with Gasteiger partial charge in [0.1, 0.15) is 46.2 Å². The summed E-state index contributed by atoms with van der Waals surface area (Å²) in [6, 6.07) is 9.00. The number of methoxy groups -OCH3 is 2. The van der Waals surface area contributed by atoms with Gasteiger partial charge in [-0.2, -0.15) is 10.2 Å². The summed E-state index contributed by atoms with van der Waals surface area (Å²) in [5.74, 6) is -2.53. The van der Waals surface area contributed by atoms with Gasteiger partial charge in [-0.1, -0.05) is 12.2 Å². The van der Waals surface area contributed by atoms with Crippen LogP contribution in [0.5, 0.6) is 11.5 Å². The number of primary amides is 2. The van der Waals surface area contributed by atoms with Crippen molar-refractivity contribution in [1.29, 1.82) is 0 Å². The lowest BCUT2D eigenvalue weighted by molar-refractivity contribution is -0.142. The lowest BCUT2D eigenvalue weighted by atomic mass is 10.1. The van der Waals surface area contributed by atoms with Gasteiger partial charge in [0.25, 0.3) is 11.8 Å². The number of fused-ring (bicyclic) bond motifs is 2. The molecule has 0 aliphatic heterocycles. The maximum absolute atomic E-state index is 14.0. The van der Waals surface area contributed by atoms with Crippen molar-refractivity contribution in [3.63, 3.8) is 0 Å². The van der Waals surface area contributed by atoms with Crippen LogP contribution in [-0.4, -0.2) is 157 Å². The number of anilines is 2. The monoisotopic (exact) mass is 1120 g/mol. The molecule has 0 aliphatic rings. The number of hydrogen-bond acceptors (Lipinski definition) is 16. The summed E-state index contributed by atoms with van der Waals surface area (Å²) in [6.45, 7) is 10.7. The predicted octanol–water partition coefficient (Wildman–Crippen LogP) is 2.98. The van der Waals surface area contributed by atoms with Gasteiger partial charge in [0, 0.05) is 77.8 Å². The molecule has 0 saturated carbocycles. The third kappa shape index (κ3) is 16.2. The van der Waals surface area contributed by atoms with Gasteiger partial charge in [0.05, 0.1) is 43.2 Å². The molecule has 0 saturated heterocycles. The second kappa shape index (κ2) is 29.3. The average molecular weight is 1120 g/mol. The van der Waals surface area contributed by atoms with E-state index >= 15 is 0 Å². The molecule has 7 N–H and O–H groups in total. The van der Waals surface area contributed by atoms with E-state index in [-0.39, 0.29) is 75.9 Å². The first kappa shape index (κ1) is 62.2. The second-order valence-corrected chi connectivity index (χ2v) is 18.3. The predicted molar refractivity (Wildman–Crippen MR) is 298 cm³/mol. The number of carbonyl (C=O) groups is 9. The van der Waals surface area contributed by atoms with E-state index in [0.29, 0.717) is 82.1 Å². The molecule has 0 bridgehead atoms. The van der Waals surface area contributed by atoms with E-state index in [1.165, 1.54) is 43.2 Å². The fourth-order valence-electron chi connectivity index (χ4n) is 8.55. The quantitative estimate of drug-likeness (QED) is 0.0163. The number of aromatic nitrogens is 8. The number of amides is 7. The molecule has 2 aromatic carbocycles. The van der Waals surface area contributed by atoms with Gasteiger partial charge in [-0.25, -0.2) is 9.97 Å². The van der Waals surface area contributed by atoms with Crippen molar-refractivity contribution in [2.75, 3.05) is 58.6 Å². The number of rotatable bonds is 27. The highest BCUT2D eigenvalue weighted by Crippen LogP contribution is 2.33. The van der Waals surface area contributed by atoms with Crippen LogP contribution in [0, 0.1) is 20.8 Å². The number of benzene rings is 2. The highest BCUT2D eigenvalue weighted by Gasteiger charge is 2.27. The molecule has 4 heterocycles. The lowest BCUT2D eigenvalue weighted by Crippen LogP contribution is -2.48. The molecule has 6 rings (SSSR count). The minimum Gasteiger partial charge on any atom is -0.494 e. The fraction of sp³-hybridized carbons (Fsp3) is 0.389. The molecule has 0 aliphatic carbocycles. The van der Waals surface area contributed by atoms with Crippen LogP contribution in [0.3, 0.4) is 0 Å². The molecule has 27 nitrogen and oxygen atoms in total. The van der Waals surface area contributed by atoms with Gasteiger partial charge in [0.2, 0.25) is 41.9 Å². The number of aldehydes is 1. The average Bonchev–Trinajstić information content (AvgIpc) is 4.44. The number of likely N-dealkylation sites (N-methyl/N-ethyl adjacent to an activating group) is 2. The van der Waals surface area contributed by atoms with E-state index in [1.54, 1.807) is 51.5 Å². The Hall–Kier alpha value is -9.69. The van der Waals surface area contributed by atoms with E-state index < -0.39 is 47.5 Å². The Balaban J connectivity index is 0.00000392. The molecule has 432 valence electrons. The summed E-state index contributed by atoms with van der Waals surface area (Å²) in [4.78, 5) is 123. The third-order valence-corrected chi connectivity index (χ3v) is 12.5. The van der Waals surface area contributed by atoms with Gasteiger partial charge < -0.3 is 49.9 Å². The number of allylic oxidation sites excluding steroid dienone is 3. The number of imidazole rings is 2. The number of nitrogens with one attached hydrogen (secondary N) is 3. The largest absolute Gasteiger partial charge is 0.494 e.